The number of benzene rings is 1. The summed E-state index contributed by atoms with van der Waals surface area (Å²) >= 11 is 0. The smallest absolute Gasteiger partial charge is 0.194 e. The third-order valence-electron chi connectivity index (χ3n) is 5.51. The van der Waals surface area contributed by atoms with Crippen LogP contribution in [-0.4, -0.2) is 62.5 Å². The van der Waals surface area contributed by atoms with E-state index in [1.54, 1.807) is 6.26 Å². The van der Waals surface area contributed by atoms with Crippen LogP contribution in [0.2, 0.25) is 0 Å². The summed E-state index contributed by atoms with van der Waals surface area (Å²) in [6.07, 6.45) is 6.04. The van der Waals surface area contributed by atoms with Gasteiger partial charge in [-0.15, -0.1) is 0 Å². The SMILES string of the molecule is c1ccc(CCNC(=NCCc2ccco2)N2CCOC(C3CCCO3)C2)cc1. The largest absolute Gasteiger partial charge is 0.469 e. The maximum atomic E-state index is 6.02. The van der Waals surface area contributed by atoms with E-state index in [-0.39, 0.29) is 12.2 Å². The number of hydrogen-bond acceptors (Lipinski definition) is 4. The van der Waals surface area contributed by atoms with E-state index in [4.69, 9.17) is 18.9 Å². The van der Waals surface area contributed by atoms with E-state index in [1.165, 1.54) is 5.56 Å². The van der Waals surface area contributed by atoms with E-state index in [9.17, 15) is 0 Å². The van der Waals surface area contributed by atoms with Crippen molar-refractivity contribution in [1.29, 1.82) is 0 Å². The Labute approximate surface area is 172 Å². The molecule has 0 spiro atoms. The molecule has 2 unspecified atom stereocenters. The van der Waals surface area contributed by atoms with Gasteiger partial charge in [-0.25, -0.2) is 0 Å². The van der Waals surface area contributed by atoms with Crippen molar-refractivity contribution in [2.75, 3.05) is 39.4 Å². The maximum Gasteiger partial charge on any atom is 0.194 e. The lowest BCUT2D eigenvalue weighted by molar-refractivity contribution is -0.0817. The summed E-state index contributed by atoms with van der Waals surface area (Å²) in [4.78, 5) is 7.21. The molecule has 2 atom stereocenters. The molecular weight excluding hydrogens is 366 g/mol. The van der Waals surface area contributed by atoms with Crippen LogP contribution in [0.3, 0.4) is 0 Å². The summed E-state index contributed by atoms with van der Waals surface area (Å²) < 4.78 is 17.3. The van der Waals surface area contributed by atoms with Gasteiger partial charge >= 0.3 is 0 Å². The van der Waals surface area contributed by atoms with Crippen LogP contribution in [0.15, 0.2) is 58.1 Å². The summed E-state index contributed by atoms with van der Waals surface area (Å²) in [5, 5.41) is 3.58. The second kappa shape index (κ2) is 10.5. The highest BCUT2D eigenvalue weighted by molar-refractivity contribution is 5.80. The minimum atomic E-state index is 0.123. The van der Waals surface area contributed by atoms with Gasteiger partial charge in [0.25, 0.3) is 0 Å². The molecule has 1 aromatic carbocycles. The molecular formula is C23H31N3O3. The van der Waals surface area contributed by atoms with Crippen LogP contribution < -0.4 is 5.32 Å². The van der Waals surface area contributed by atoms with E-state index in [1.807, 2.05) is 12.1 Å². The van der Waals surface area contributed by atoms with Gasteiger partial charge in [-0.3, -0.25) is 4.99 Å². The fourth-order valence-corrected chi connectivity index (χ4v) is 3.95. The van der Waals surface area contributed by atoms with Crippen LogP contribution in [0.5, 0.6) is 0 Å². The van der Waals surface area contributed by atoms with Gasteiger partial charge in [0, 0.05) is 39.2 Å². The molecule has 29 heavy (non-hydrogen) atoms. The highest BCUT2D eigenvalue weighted by Crippen LogP contribution is 2.21. The number of furan rings is 1. The van der Waals surface area contributed by atoms with Crippen molar-refractivity contribution >= 4 is 5.96 Å². The number of nitrogens with one attached hydrogen (secondary N) is 1. The monoisotopic (exact) mass is 397 g/mol. The standard InChI is InChI=1S/C23H31N3O3/c1-2-6-19(7-3-1)10-12-24-23(25-13-11-20-8-4-15-27-20)26-14-17-29-22(18-26)21-9-5-16-28-21/h1-4,6-8,15,21-22H,5,9-14,16-18H2,(H,24,25). The van der Waals surface area contributed by atoms with Gasteiger partial charge in [-0.1, -0.05) is 30.3 Å². The van der Waals surface area contributed by atoms with Gasteiger partial charge in [-0.2, -0.15) is 0 Å². The Morgan fingerprint density at radius 3 is 2.72 bits per heavy atom. The molecule has 2 aliphatic heterocycles. The van der Waals surface area contributed by atoms with Gasteiger partial charge in [0.15, 0.2) is 5.96 Å². The zero-order chi connectivity index (χ0) is 19.7. The molecule has 0 saturated carbocycles. The molecule has 0 aliphatic carbocycles. The number of morpholine rings is 1. The van der Waals surface area contributed by atoms with Crippen LogP contribution in [0, 0.1) is 0 Å². The van der Waals surface area contributed by atoms with Gasteiger partial charge in [0.1, 0.15) is 11.9 Å². The highest BCUT2D eigenvalue weighted by atomic mass is 16.5. The molecule has 6 nitrogen and oxygen atoms in total. The number of rotatable bonds is 7. The van der Waals surface area contributed by atoms with Gasteiger partial charge in [-0.05, 0) is 37.0 Å². The molecule has 2 saturated heterocycles. The minimum absolute atomic E-state index is 0.123. The molecule has 2 aromatic rings. The van der Waals surface area contributed by atoms with Crippen molar-refractivity contribution in [3.8, 4) is 0 Å². The van der Waals surface area contributed by atoms with E-state index in [0.717, 1.165) is 63.6 Å². The van der Waals surface area contributed by atoms with E-state index in [0.29, 0.717) is 13.2 Å². The average Bonchev–Trinajstić information content (AvgIpc) is 3.48. The van der Waals surface area contributed by atoms with Crippen molar-refractivity contribution in [2.24, 2.45) is 4.99 Å². The number of hydrogen-bond donors (Lipinski definition) is 1. The first-order chi connectivity index (χ1) is 14.4. The van der Waals surface area contributed by atoms with Crippen LogP contribution in [0.25, 0.3) is 0 Å². The lowest BCUT2D eigenvalue weighted by atomic mass is 10.1. The van der Waals surface area contributed by atoms with Gasteiger partial charge in [0.2, 0.25) is 0 Å². The first-order valence-electron chi connectivity index (χ1n) is 10.7. The zero-order valence-electron chi connectivity index (χ0n) is 17.0. The Balaban J connectivity index is 1.37. The molecule has 4 rings (SSSR count). The van der Waals surface area contributed by atoms with E-state index < -0.39 is 0 Å². The fourth-order valence-electron chi connectivity index (χ4n) is 3.95. The molecule has 0 bridgehead atoms. The van der Waals surface area contributed by atoms with Crippen molar-refractivity contribution in [3.05, 3.63) is 60.1 Å². The number of aliphatic imine (C=N–C) groups is 1. The fraction of sp³-hybridized carbons (Fsp3) is 0.522. The van der Waals surface area contributed by atoms with Crippen molar-refractivity contribution in [2.45, 2.75) is 37.9 Å². The third-order valence-corrected chi connectivity index (χ3v) is 5.51. The minimum Gasteiger partial charge on any atom is -0.469 e. The van der Waals surface area contributed by atoms with E-state index >= 15 is 0 Å². The Kier molecular flexibility index (Phi) is 7.21. The topological polar surface area (TPSA) is 59.2 Å². The molecule has 156 valence electrons. The number of nitrogens with zero attached hydrogens (tertiary/aromatic N) is 2. The maximum absolute atomic E-state index is 6.02. The Bertz CT molecular complexity index is 742. The molecule has 6 heteroatoms. The second-order valence-corrected chi connectivity index (χ2v) is 7.60. The summed E-state index contributed by atoms with van der Waals surface area (Å²) in [6.45, 7) is 4.78. The molecule has 2 fully saturated rings. The Morgan fingerprint density at radius 2 is 1.93 bits per heavy atom. The zero-order valence-corrected chi connectivity index (χ0v) is 17.0. The lowest BCUT2D eigenvalue weighted by Crippen LogP contribution is -2.53. The van der Waals surface area contributed by atoms with Crippen molar-refractivity contribution < 1.29 is 13.9 Å². The molecule has 1 N–H and O–H groups in total. The van der Waals surface area contributed by atoms with E-state index in [2.05, 4.69) is 40.5 Å². The predicted octanol–water partition coefficient (Wildman–Crippen LogP) is 2.89. The number of ether oxygens (including phenoxy) is 2. The van der Waals surface area contributed by atoms with Crippen molar-refractivity contribution in [3.63, 3.8) is 0 Å². The average molecular weight is 398 g/mol. The van der Waals surface area contributed by atoms with Gasteiger partial charge in [0.05, 0.1) is 19.0 Å². The van der Waals surface area contributed by atoms with Crippen LogP contribution in [0.4, 0.5) is 0 Å². The summed E-state index contributed by atoms with van der Waals surface area (Å²) in [6, 6.07) is 14.5. The van der Waals surface area contributed by atoms with Crippen LogP contribution in [0.1, 0.15) is 24.2 Å². The van der Waals surface area contributed by atoms with Crippen molar-refractivity contribution in [1.82, 2.24) is 10.2 Å². The summed E-state index contributed by atoms with van der Waals surface area (Å²) in [7, 11) is 0. The van der Waals surface area contributed by atoms with Gasteiger partial charge < -0.3 is 24.1 Å². The highest BCUT2D eigenvalue weighted by Gasteiger charge is 2.32. The molecule has 3 heterocycles. The molecule has 0 amide bonds. The van der Waals surface area contributed by atoms with Crippen LogP contribution >= 0.6 is 0 Å². The number of guanidine groups is 1. The lowest BCUT2D eigenvalue weighted by Gasteiger charge is -2.37. The first kappa shape index (κ1) is 20.0. The molecule has 2 aliphatic rings. The summed E-state index contributed by atoms with van der Waals surface area (Å²) in [5.74, 6) is 1.93. The Hall–Kier alpha value is -2.31. The summed E-state index contributed by atoms with van der Waals surface area (Å²) in [5.41, 5.74) is 1.33. The first-order valence-corrected chi connectivity index (χ1v) is 10.7. The quantitative estimate of drug-likeness (QED) is 0.575. The predicted molar refractivity (Wildman–Crippen MR) is 113 cm³/mol. The normalized spacial score (nSPS) is 22.8. The van der Waals surface area contributed by atoms with Crippen LogP contribution in [-0.2, 0) is 22.3 Å². The second-order valence-electron chi connectivity index (χ2n) is 7.60. The Morgan fingerprint density at radius 1 is 1.03 bits per heavy atom. The molecule has 1 aromatic heterocycles. The third kappa shape index (κ3) is 5.84. The molecule has 0 radical (unpaired) electrons.